The predicted molar refractivity (Wildman–Crippen MR) is 87.3 cm³/mol. The Hall–Kier alpha value is -2.18. The highest BCUT2D eigenvalue weighted by molar-refractivity contribution is 5.85. The summed E-state index contributed by atoms with van der Waals surface area (Å²) in [6, 6.07) is 9.50. The summed E-state index contributed by atoms with van der Waals surface area (Å²) in [5.74, 6) is 0.678. The van der Waals surface area contributed by atoms with E-state index in [0.717, 1.165) is 24.0 Å². The van der Waals surface area contributed by atoms with Crippen LogP contribution in [-0.4, -0.2) is 71.7 Å². The maximum Gasteiger partial charge on any atom is 0.260 e. The number of aromatic nitrogens is 1. The first kappa shape index (κ1) is 15.7. The number of amides is 1. The van der Waals surface area contributed by atoms with E-state index in [1.165, 1.54) is 0 Å². The molecule has 122 valence electrons. The topological polar surface area (TPSA) is 65.9 Å². The molecule has 1 aromatic carbocycles. The van der Waals surface area contributed by atoms with Crippen molar-refractivity contribution in [1.82, 2.24) is 14.8 Å². The van der Waals surface area contributed by atoms with E-state index in [0.29, 0.717) is 25.4 Å². The van der Waals surface area contributed by atoms with Gasteiger partial charge in [-0.1, -0.05) is 12.1 Å². The SMILES string of the molecule is O=C(COc1ccnc2ccccc12)N1CCN(CCO)CC1. The van der Waals surface area contributed by atoms with Crippen molar-refractivity contribution in [2.24, 2.45) is 0 Å². The Kier molecular flexibility index (Phi) is 5.05. The third kappa shape index (κ3) is 3.78. The monoisotopic (exact) mass is 315 g/mol. The second-order valence-corrected chi connectivity index (χ2v) is 5.56. The smallest absolute Gasteiger partial charge is 0.260 e. The molecule has 0 spiro atoms. The van der Waals surface area contributed by atoms with E-state index in [9.17, 15) is 4.79 Å². The van der Waals surface area contributed by atoms with E-state index in [1.807, 2.05) is 29.2 Å². The van der Waals surface area contributed by atoms with Gasteiger partial charge in [0, 0.05) is 44.3 Å². The number of benzene rings is 1. The Labute approximate surface area is 135 Å². The minimum absolute atomic E-state index is 0.00505. The highest BCUT2D eigenvalue weighted by atomic mass is 16.5. The molecule has 6 heteroatoms. The summed E-state index contributed by atoms with van der Waals surface area (Å²) < 4.78 is 5.72. The van der Waals surface area contributed by atoms with Crippen molar-refractivity contribution in [3.05, 3.63) is 36.5 Å². The van der Waals surface area contributed by atoms with Gasteiger partial charge >= 0.3 is 0 Å². The van der Waals surface area contributed by atoms with Crippen LogP contribution in [0.5, 0.6) is 5.75 Å². The third-order valence-electron chi connectivity index (χ3n) is 4.10. The lowest BCUT2D eigenvalue weighted by Crippen LogP contribution is -2.50. The standard InChI is InChI=1S/C17H21N3O3/c21-12-11-19-7-9-20(10-8-19)17(22)13-23-16-5-6-18-15-4-2-1-3-14(15)16/h1-6,21H,7-13H2. The summed E-state index contributed by atoms with van der Waals surface area (Å²) in [6.45, 7) is 3.81. The molecule has 0 saturated carbocycles. The van der Waals surface area contributed by atoms with Crippen molar-refractivity contribution >= 4 is 16.8 Å². The number of piperazine rings is 1. The summed E-state index contributed by atoms with van der Waals surface area (Å²) in [5, 5.41) is 9.86. The molecule has 23 heavy (non-hydrogen) atoms. The summed E-state index contributed by atoms with van der Waals surface area (Å²) in [5.41, 5.74) is 0.857. The summed E-state index contributed by atoms with van der Waals surface area (Å²) >= 11 is 0. The van der Waals surface area contributed by atoms with Gasteiger partial charge in [0.15, 0.2) is 6.61 Å². The van der Waals surface area contributed by atoms with E-state index in [2.05, 4.69) is 9.88 Å². The second-order valence-electron chi connectivity index (χ2n) is 5.56. The number of hydrogen-bond acceptors (Lipinski definition) is 5. The zero-order chi connectivity index (χ0) is 16.1. The van der Waals surface area contributed by atoms with Crippen LogP contribution in [0.15, 0.2) is 36.5 Å². The number of hydrogen-bond donors (Lipinski definition) is 1. The summed E-state index contributed by atoms with van der Waals surface area (Å²) in [7, 11) is 0. The average Bonchev–Trinajstić information content (AvgIpc) is 2.60. The van der Waals surface area contributed by atoms with Crippen LogP contribution in [0.3, 0.4) is 0 Å². The van der Waals surface area contributed by atoms with Crippen molar-refractivity contribution in [1.29, 1.82) is 0 Å². The fraction of sp³-hybridized carbons (Fsp3) is 0.412. The summed E-state index contributed by atoms with van der Waals surface area (Å²) in [6.07, 6.45) is 1.69. The second kappa shape index (κ2) is 7.39. The number of rotatable bonds is 5. The molecule has 2 aromatic rings. The first-order chi connectivity index (χ1) is 11.3. The number of ether oxygens (including phenoxy) is 1. The molecule has 0 unspecified atom stereocenters. The molecule has 6 nitrogen and oxygen atoms in total. The molecule has 0 bridgehead atoms. The largest absolute Gasteiger partial charge is 0.483 e. The first-order valence-corrected chi connectivity index (χ1v) is 7.85. The molecule has 1 aliphatic heterocycles. The predicted octanol–water partition coefficient (Wildman–Crippen LogP) is 0.750. The molecular weight excluding hydrogens is 294 g/mol. The molecule has 1 amide bonds. The molecule has 1 N–H and O–H groups in total. The Morgan fingerprint density at radius 3 is 2.74 bits per heavy atom. The van der Waals surface area contributed by atoms with Crippen LogP contribution >= 0.6 is 0 Å². The number of aliphatic hydroxyl groups excluding tert-OH is 1. The number of β-amino-alcohol motifs (C(OH)–C–C–N with tert-alkyl or cyclic N) is 1. The number of pyridine rings is 1. The zero-order valence-electron chi connectivity index (χ0n) is 13.0. The molecule has 1 aliphatic rings. The van der Waals surface area contributed by atoms with Crippen LogP contribution in [0.2, 0.25) is 0 Å². The fourth-order valence-corrected chi connectivity index (χ4v) is 2.79. The Morgan fingerprint density at radius 1 is 1.17 bits per heavy atom. The molecule has 2 heterocycles. The van der Waals surface area contributed by atoms with Crippen LogP contribution in [-0.2, 0) is 4.79 Å². The van der Waals surface area contributed by atoms with E-state index in [1.54, 1.807) is 12.3 Å². The highest BCUT2D eigenvalue weighted by Crippen LogP contribution is 2.23. The van der Waals surface area contributed by atoms with Gasteiger partial charge in [-0.3, -0.25) is 14.7 Å². The van der Waals surface area contributed by atoms with Gasteiger partial charge in [0.1, 0.15) is 5.75 Å². The number of carbonyl (C=O) groups is 1. The lowest BCUT2D eigenvalue weighted by Gasteiger charge is -2.34. The van der Waals surface area contributed by atoms with Crippen molar-refractivity contribution in [2.45, 2.75) is 0 Å². The van der Waals surface area contributed by atoms with Crippen molar-refractivity contribution in [3.8, 4) is 5.75 Å². The molecule has 1 aromatic heterocycles. The summed E-state index contributed by atoms with van der Waals surface area (Å²) in [4.78, 5) is 20.5. The molecule has 0 aliphatic carbocycles. The van der Waals surface area contributed by atoms with Gasteiger partial charge in [0.2, 0.25) is 0 Å². The fourth-order valence-electron chi connectivity index (χ4n) is 2.79. The molecular formula is C17H21N3O3. The van der Waals surface area contributed by atoms with Crippen LogP contribution in [0, 0.1) is 0 Å². The van der Waals surface area contributed by atoms with Crippen molar-refractivity contribution in [3.63, 3.8) is 0 Å². The van der Waals surface area contributed by atoms with Gasteiger partial charge in [0.05, 0.1) is 12.1 Å². The Balaban J connectivity index is 1.57. The molecule has 0 radical (unpaired) electrons. The quantitative estimate of drug-likeness (QED) is 0.882. The van der Waals surface area contributed by atoms with Crippen molar-refractivity contribution in [2.75, 3.05) is 45.9 Å². The van der Waals surface area contributed by atoms with E-state index >= 15 is 0 Å². The van der Waals surface area contributed by atoms with Crippen LogP contribution < -0.4 is 4.74 Å². The first-order valence-electron chi connectivity index (χ1n) is 7.85. The molecule has 0 atom stereocenters. The van der Waals surface area contributed by atoms with Gasteiger partial charge in [-0.2, -0.15) is 0 Å². The van der Waals surface area contributed by atoms with Crippen LogP contribution in [0.25, 0.3) is 10.9 Å². The number of nitrogens with zero attached hydrogens (tertiary/aromatic N) is 3. The van der Waals surface area contributed by atoms with Gasteiger partial charge in [-0.05, 0) is 18.2 Å². The van der Waals surface area contributed by atoms with Gasteiger partial charge < -0.3 is 14.7 Å². The number of fused-ring (bicyclic) bond motifs is 1. The van der Waals surface area contributed by atoms with Crippen molar-refractivity contribution < 1.29 is 14.6 Å². The number of para-hydroxylation sites is 1. The van der Waals surface area contributed by atoms with E-state index in [4.69, 9.17) is 9.84 Å². The maximum absolute atomic E-state index is 12.3. The lowest BCUT2D eigenvalue weighted by atomic mass is 10.2. The zero-order valence-corrected chi connectivity index (χ0v) is 13.0. The van der Waals surface area contributed by atoms with Crippen LogP contribution in [0.1, 0.15) is 0 Å². The maximum atomic E-state index is 12.3. The minimum atomic E-state index is -0.00505. The minimum Gasteiger partial charge on any atom is -0.483 e. The Bertz CT molecular complexity index is 664. The Morgan fingerprint density at radius 2 is 1.96 bits per heavy atom. The van der Waals surface area contributed by atoms with Gasteiger partial charge in [0.25, 0.3) is 5.91 Å². The van der Waals surface area contributed by atoms with Crippen LogP contribution in [0.4, 0.5) is 0 Å². The normalized spacial score (nSPS) is 15.8. The molecule has 3 rings (SSSR count). The lowest BCUT2D eigenvalue weighted by molar-refractivity contribution is -0.135. The number of carbonyl (C=O) groups excluding carboxylic acids is 1. The van der Waals surface area contributed by atoms with Gasteiger partial charge in [-0.15, -0.1) is 0 Å². The van der Waals surface area contributed by atoms with Gasteiger partial charge in [-0.25, -0.2) is 0 Å². The molecule has 1 fully saturated rings. The number of aliphatic hydroxyl groups is 1. The third-order valence-corrected chi connectivity index (χ3v) is 4.10. The van der Waals surface area contributed by atoms with E-state index < -0.39 is 0 Å². The molecule has 1 saturated heterocycles. The highest BCUT2D eigenvalue weighted by Gasteiger charge is 2.21. The average molecular weight is 315 g/mol. The van der Waals surface area contributed by atoms with E-state index in [-0.39, 0.29) is 19.1 Å².